The second-order valence-electron chi connectivity index (χ2n) is 4.57. The first kappa shape index (κ1) is 15.5. The molecule has 1 unspecified atom stereocenters. The fraction of sp³-hybridized carbons (Fsp3) is 0.231. The molecule has 2 rings (SSSR count). The Bertz CT molecular complexity index is 722. The van der Waals surface area contributed by atoms with E-state index in [-0.39, 0.29) is 6.04 Å². The first-order valence-corrected chi connectivity index (χ1v) is 8.42. The third-order valence-corrected chi connectivity index (χ3v) is 3.60. The molecule has 0 aliphatic heterocycles. The number of nitrogens with zero attached hydrogens (tertiary/aromatic N) is 2. The molecule has 8 heteroatoms. The molecule has 0 spiro atoms. The molecule has 1 atom stereocenters. The Hall–Kier alpha value is -1.86. The van der Waals surface area contributed by atoms with Crippen LogP contribution in [0.4, 0.5) is 11.4 Å². The van der Waals surface area contributed by atoms with Crippen LogP contribution in [0, 0.1) is 0 Å². The van der Waals surface area contributed by atoms with Gasteiger partial charge < -0.3 is 5.32 Å². The normalized spacial score (nSPS) is 12.7. The van der Waals surface area contributed by atoms with Crippen molar-refractivity contribution in [3.63, 3.8) is 0 Å². The standard InChI is InChI=1S/C13H15ClN4O2S/c1-9(13-8-15-5-6-16-13)17-12-7-10(3-4-11(12)14)18-21(2,19)20/h3-9,17-18H,1-2H3. The molecule has 0 fully saturated rings. The maximum atomic E-state index is 11.3. The smallest absolute Gasteiger partial charge is 0.229 e. The minimum absolute atomic E-state index is 0.121. The fourth-order valence-electron chi connectivity index (χ4n) is 1.75. The molecule has 0 radical (unpaired) electrons. The number of anilines is 2. The van der Waals surface area contributed by atoms with Crippen LogP contribution < -0.4 is 10.0 Å². The lowest BCUT2D eigenvalue weighted by Crippen LogP contribution is -2.11. The lowest BCUT2D eigenvalue weighted by Gasteiger charge is -2.16. The number of nitrogens with one attached hydrogen (secondary N) is 2. The van der Waals surface area contributed by atoms with Crippen LogP contribution in [0.3, 0.4) is 0 Å². The summed E-state index contributed by atoms with van der Waals surface area (Å²) in [4.78, 5) is 8.22. The van der Waals surface area contributed by atoms with Gasteiger partial charge in [-0.25, -0.2) is 8.42 Å². The summed E-state index contributed by atoms with van der Waals surface area (Å²) >= 11 is 6.12. The number of rotatable bonds is 5. The lowest BCUT2D eigenvalue weighted by molar-refractivity contribution is 0.607. The Labute approximate surface area is 128 Å². The molecule has 0 aliphatic rings. The average Bonchev–Trinajstić information content (AvgIpc) is 2.42. The highest BCUT2D eigenvalue weighted by Crippen LogP contribution is 2.28. The molecule has 0 aliphatic carbocycles. The van der Waals surface area contributed by atoms with Gasteiger partial charge in [0.2, 0.25) is 10.0 Å². The molecule has 21 heavy (non-hydrogen) atoms. The van der Waals surface area contributed by atoms with Gasteiger partial charge in [0, 0.05) is 12.4 Å². The Morgan fingerprint density at radius 2 is 2.05 bits per heavy atom. The number of sulfonamides is 1. The summed E-state index contributed by atoms with van der Waals surface area (Å²) in [6.07, 6.45) is 5.96. The first-order valence-electron chi connectivity index (χ1n) is 6.15. The maximum absolute atomic E-state index is 11.3. The molecule has 0 saturated carbocycles. The van der Waals surface area contributed by atoms with E-state index < -0.39 is 10.0 Å². The molecule has 0 bridgehead atoms. The molecule has 1 aromatic carbocycles. The summed E-state index contributed by atoms with van der Waals surface area (Å²) in [5, 5.41) is 3.67. The zero-order chi connectivity index (χ0) is 15.5. The van der Waals surface area contributed by atoms with Crippen molar-refractivity contribution in [3.8, 4) is 0 Å². The quantitative estimate of drug-likeness (QED) is 0.882. The predicted octanol–water partition coefficient (Wildman–Crippen LogP) is 2.67. The Morgan fingerprint density at radius 1 is 1.29 bits per heavy atom. The Morgan fingerprint density at radius 3 is 2.67 bits per heavy atom. The van der Waals surface area contributed by atoms with Crippen LogP contribution in [-0.4, -0.2) is 24.6 Å². The van der Waals surface area contributed by atoms with Crippen molar-refractivity contribution in [2.45, 2.75) is 13.0 Å². The van der Waals surface area contributed by atoms with Gasteiger partial charge in [0.05, 0.1) is 40.6 Å². The van der Waals surface area contributed by atoms with E-state index in [9.17, 15) is 8.42 Å². The topological polar surface area (TPSA) is 84.0 Å². The summed E-state index contributed by atoms with van der Waals surface area (Å²) in [5.41, 5.74) is 1.81. The summed E-state index contributed by atoms with van der Waals surface area (Å²) in [7, 11) is -3.33. The Balaban J connectivity index is 2.21. The Kier molecular flexibility index (Phi) is 4.64. The minimum Gasteiger partial charge on any atom is -0.376 e. The largest absolute Gasteiger partial charge is 0.376 e. The molecule has 6 nitrogen and oxygen atoms in total. The number of hydrogen-bond acceptors (Lipinski definition) is 5. The highest BCUT2D eigenvalue weighted by molar-refractivity contribution is 7.92. The van der Waals surface area contributed by atoms with Gasteiger partial charge in [-0.2, -0.15) is 0 Å². The second-order valence-corrected chi connectivity index (χ2v) is 6.72. The van der Waals surface area contributed by atoms with E-state index >= 15 is 0 Å². The SMILES string of the molecule is CC(Nc1cc(NS(C)(=O)=O)ccc1Cl)c1cnccn1. The summed E-state index contributed by atoms with van der Waals surface area (Å²) in [6.45, 7) is 1.91. The molecule has 1 aromatic heterocycles. The van der Waals surface area contributed by atoms with Crippen molar-refractivity contribution in [2.24, 2.45) is 0 Å². The third kappa shape index (κ3) is 4.57. The van der Waals surface area contributed by atoms with Gasteiger partial charge in [0.15, 0.2) is 0 Å². The van der Waals surface area contributed by atoms with Crippen molar-refractivity contribution in [1.29, 1.82) is 0 Å². The van der Waals surface area contributed by atoms with Gasteiger partial charge in [0.1, 0.15) is 0 Å². The van der Waals surface area contributed by atoms with Gasteiger partial charge in [-0.05, 0) is 25.1 Å². The van der Waals surface area contributed by atoms with Gasteiger partial charge >= 0.3 is 0 Å². The molecule has 2 aromatic rings. The van der Waals surface area contributed by atoms with Crippen LogP contribution in [0.5, 0.6) is 0 Å². The highest BCUT2D eigenvalue weighted by Gasteiger charge is 2.11. The molecule has 1 heterocycles. The van der Waals surface area contributed by atoms with E-state index in [1.807, 2.05) is 6.92 Å². The van der Waals surface area contributed by atoms with Gasteiger partial charge in [0.25, 0.3) is 0 Å². The molecular weight excluding hydrogens is 312 g/mol. The van der Waals surface area contributed by atoms with E-state index in [2.05, 4.69) is 20.0 Å². The lowest BCUT2D eigenvalue weighted by atomic mass is 10.2. The molecule has 0 amide bonds. The monoisotopic (exact) mass is 326 g/mol. The van der Waals surface area contributed by atoms with E-state index in [4.69, 9.17) is 11.6 Å². The molecular formula is C13H15ClN4O2S. The van der Waals surface area contributed by atoms with Gasteiger partial charge in [-0.3, -0.25) is 14.7 Å². The third-order valence-electron chi connectivity index (χ3n) is 2.67. The number of hydrogen-bond donors (Lipinski definition) is 2. The van der Waals surface area contributed by atoms with E-state index in [0.717, 1.165) is 11.9 Å². The van der Waals surface area contributed by atoms with Gasteiger partial charge in [-0.15, -0.1) is 0 Å². The summed E-state index contributed by atoms with van der Waals surface area (Å²) < 4.78 is 24.9. The zero-order valence-corrected chi connectivity index (χ0v) is 13.1. The minimum atomic E-state index is -3.33. The number of aromatic nitrogens is 2. The van der Waals surface area contributed by atoms with Gasteiger partial charge in [-0.1, -0.05) is 11.6 Å². The van der Waals surface area contributed by atoms with Crippen LogP contribution in [0.15, 0.2) is 36.8 Å². The van der Waals surface area contributed by atoms with E-state index in [0.29, 0.717) is 16.4 Å². The van der Waals surface area contributed by atoms with Crippen LogP contribution >= 0.6 is 11.6 Å². The van der Waals surface area contributed by atoms with Crippen LogP contribution in [-0.2, 0) is 10.0 Å². The molecule has 2 N–H and O–H groups in total. The van der Waals surface area contributed by atoms with E-state index in [1.54, 1.807) is 36.8 Å². The van der Waals surface area contributed by atoms with Crippen molar-refractivity contribution in [1.82, 2.24) is 9.97 Å². The van der Waals surface area contributed by atoms with Crippen LogP contribution in [0.2, 0.25) is 5.02 Å². The van der Waals surface area contributed by atoms with Crippen molar-refractivity contribution >= 4 is 33.0 Å². The van der Waals surface area contributed by atoms with Crippen molar-refractivity contribution < 1.29 is 8.42 Å². The predicted molar refractivity (Wildman–Crippen MR) is 84.0 cm³/mol. The number of benzene rings is 1. The molecule has 112 valence electrons. The van der Waals surface area contributed by atoms with E-state index in [1.165, 1.54) is 0 Å². The molecule has 0 saturated heterocycles. The maximum Gasteiger partial charge on any atom is 0.229 e. The zero-order valence-electron chi connectivity index (χ0n) is 11.5. The fourth-order valence-corrected chi connectivity index (χ4v) is 2.48. The summed E-state index contributed by atoms with van der Waals surface area (Å²) in [5.74, 6) is 0. The number of halogens is 1. The van der Waals surface area contributed by atoms with Crippen LogP contribution in [0.25, 0.3) is 0 Å². The first-order chi connectivity index (χ1) is 9.85. The van der Waals surface area contributed by atoms with Crippen molar-refractivity contribution in [2.75, 3.05) is 16.3 Å². The second kappa shape index (κ2) is 6.28. The average molecular weight is 327 g/mol. The highest BCUT2D eigenvalue weighted by atomic mass is 35.5. The van der Waals surface area contributed by atoms with Crippen LogP contribution in [0.1, 0.15) is 18.7 Å². The van der Waals surface area contributed by atoms with Crippen molar-refractivity contribution in [3.05, 3.63) is 47.5 Å². The summed E-state index contributed by atoms with van der Waals surface area (Å²) in [6, 6.07) is 4.74.